The quantitative estimate of drug-likeness (QED) is 0.784. The molecule has 17 heavy (non-hydrogen) atoms. The third-order valence-electron chi connectivity index (χ3n) is 2.49. The number of anilines is 1. The normalized spacial score (nSPS) is 10.2. The van der Waals surface area contributed by atoms with E-state index in [1.807, 2.05) is 13.0 Å². The molecule has 0 radical (unpaired) electrons. The molecule has 0 spiro atoms. The Morgan fingerprint density at radius 1 is 1.47 bits per heavy atom. The van der Waals surface area contributed by atoms with Gasteiger partial charge in [0.2, 0.25) is 0 Å². The van der Waals surface area contributed by atoms with Crippen molar-refractivity contribution in [2.75, 3.05) is 5.73 Å². The van der Waals surface area contributed by atoms with Crippen molar-refractivity contribution < 1.29 is 9.32 Å². The first-order valence-corrected chi connectivity index (χ1v) is 5.21. The molecular formula is C12H13N3O2. The SMILES string of the molecule is Cc1cccc(C(=O)NCc2ccon2)c1N. The van der Waals surface area contributed by atoms with Crippen molar-refractivity contribution in [2.24, 2.45) is 0 Å². The van der Waals surface area contributed by atoms with Crippen molar-refractivity contribution >= 4 is 11.6 Å². The van der Waals surface area contributed by atoms with Crippen LogP contribution in [0.4, 0.5) is 5.69 Å². The van der Waals surface area contributed by atoms with Crippen molar-refractivity contribution in [3.63, 3.8) is 0 Å². The topological polar surface area (TPSA) is 81.2 Å². The van der Waals surface area contributed by atoms with Crippen LogP contribution >= 0.6 is 0 Å². The van der Waals surface area contributed by atoms with Crippen LogP contribution in [0.25, 0.3) is 0 Å². The maximum atomic E-state index is 11.9. The van der Waals surface area contributed by atoms with Gasteiger partial charge in [0.1, 0.15) is 12.0 Å². The van der Waals surface area contributed by atoms with Crippen LogP contribution in [-0.2, 0) is 6.54 Å². The average Bonchev–Trinajstić information content (AvgIpc) is 2.82. The summed E-state index contributed by atoms with van der Waals surface area (Å²) >= 11 is 0. The average molecular weight is 231 g/mol. The highest BCUT2D eigenvalue weighted by atomic mass is 16.5. The maximum absolute atomic E-state index is 11.9. The van der Waals surface area contributed by atoms with Gasteiger partial charge in [-0.25, -0.2) is 0 Å². The highest BCUT2D eigenvalue weighted by molar-refractivity contribution is 5.99. The number of amides is 1. The zero-order valence-electron chi connectivity index (χ0n) is 9.43. The van der Waals surface area contributed by atoms with Gasteiger partial charge in [-0.05, 0) is 18.6 Å². The molecular weight excluding hydrogens is 218 g/mol. The predicted octanol–water partition coefficient (Wildman–Crippen LogP) is 1.50. The molecule has 3 N–H and O–H groups in total. The molecule has 0 bridgehead atoms. The van der Waals surface area contributed by atoms with Crippen LogP contribution in [0.3, 0.4) is 0 Å². The summed E-state index contributed by atoms with van der Waals surface area (Å²) in [6, 6.07) is 7.06. The lowest BCUT2D eigenvalue weighted by Crippen LogP contribution is -2.24. The Bertz CT molecular complexity index is 521. The molecule has 1 heterocycles. The van der Waals surface area contributed by atoms with Gasteiger partial charge in [0.15, 0.2) is 0 Å². The molecule has 0 unspecified atom stereocenters. The van der Waals surface area contributed by atoms with Crippen molar-refractivity contribution in [1.29, 1.82) is 0 Å². The number of aromatic nitrogens is 1. The van der Waals surface area contributed by atoms with Gasteiger partial charge in [-0.1, -0.05) is 17.3 Å². The Labute approximate surface area is 98.6 Å². The second-order valence-electron chi connectivity index (χ2n) is 3.71. The molecule has 0 saturated carbocycles. The fourth-order valence-electron chi connectivity index (χ4n) is 1.47. The first-order chi connectivity index (χ1) is 8.18. The Hall–Kier alpha value is -2.30. The third-order valence-corrected chi connectivity index (χ3v) is 2.49. The number of nitrogens with two attached hydrogens (primary N) is 1. The molecule has 5 nitrogen and oxygen atoms in total. The lowest BCUT2D eigenvalue weighted by Gasteiger charge is -2.07. The molecule has 0 aliphatic heterocycles. The summed E-state index contributed by atoms with van der Waals surface area (Å²) in [6.45, 7) is 2.19. The second-order valence-corrected chi connectivity index (χ2v) is 3.71. The number of nitrogens with one attached hydrogen (secondary N) is 1. The number of aryl methyl sites for hydroxylation is 1. The van der Waals surface area contributed by atoms with E-state index in [0.29, 0.717) is 23.5 Å². The Kier molecular flexibility index (Phi) is 3.09. The van der Waals surface area contributed by atoms with Crippen molar-refractivity contribution in [3.05, 3.63) is 47.3 Å². The van der Waals surface area contributed by atoms with Crippen LogP contribution < -0.4 is 11.1 Å². The van der Waals surface area contributed by atoms with Crippen molar-refractivity contribution in [2.45, 2.75) is 13.5 Å². The molecule has 0 atom stereocenters. The minimum atomic E-state index is -0.214. The number of benzene rings is 1. The smallest absolute Gasteiger partial charge is 0.253 e. The highest BCUT2D eigenvalue weighted by Gasteiger charge is 2.10. The molecule has 1 aromatic heterocycles. The summed E-state index contributed by atoms with van der Waals surface area (Å²) in [7, 11) is 0. The van der Waals surface area contributed by atoms with Gasteiger partial charge in [0, 0.05) is 11.8 Å². The summed E-state index contributed by atoms with van der Waals surface area (Å²) in [5.41, 5.74) is 8.38. The fraction of sp³-hybridized carbons (Fsp3) is 0.167. The van der Waals surface area contributed by atoms with E-state index in [9.17, 15) is 4.79 Å². The number of hydrogen-bond acceptors (Lipinski definition) is 4. The predicted molar refractivity (Wildman–Crippen MR) is 63.3 cm³/mol. The van der Waals surface area contributed by atoms with Gasteiger partial charge < -0.3 is 15.6 Å². The first kappa shape index (κ1) is 11.2. The van der Waals surface area contributed by atoms with Crippen LogP contribution in [0.15, 0.2) is 35.1 Å². The van der Waals surface area contributed by atoms with Gasteiger partial charge >= 0.3 is 0 Å². The molecule has 5 heteroatoms. The van der Waals surface area contributed by atoms with E-state index in [4.69, 9.17) is 5.73 Å². The number of nitrogens with zero attached hydrogens (tertiary/aromatic N) is 1. The summed E-state index contributed by atoms with van der Waals surface area (Å²) in [6.07, 6.45) is 1.46. The van der Waals surface area contributed by atoms with Gasteiger partial charge in [-0.2, -0.15) is 0 Å². The third kappa shape index (κ3) is 2.44. The van der Waals surface area contributed by atoms with Gasteiger partial charge in [-0.15, -0.1) is 0 Å². The number of para-hydroxylation sites is 1. The summed E-state index contributed by atoms with van der Waals surface area (Å²) in [5, 5.41) is 6.43. The van der Waals surface area contributed by atoms with Crippen LogP contribution in [0.5, 0.6) is 0 Å². The molecule has 0 fully saturated rings. The van der Waals surface area contributed by atoms with Crippen LogP contribution in [0, 0.1) is 6.92 Å². The monoisotopic (exact) mass is 231 g/mol. The van der Waals surface area contributed by atoms with Gasteiger partial charge in [0.25, 0.3) is 5.91 Å². The fourth-order valence-corrected chi connectivity index (χ4v) is 1.47. The van der Waals surface area contributed by atoms with Crippen LogP contribution in [-0.4, -0.2) is 11.1 Å². The minimum absolute atomic E-state index is 0.214. The van der Waals surface area contributed by atoms with Crippen LogP contribution in [0.1, 0.15) is 21.6 Å². The number of nitrogen functional groups attached to an aromatic ring is 1. The molecule has 88 valence electrons. The van der Waals surface area contributed by atoms with Crippen molar-refractivity contribution in [3.8, 4) is 0 Å². The summed E-state index contributed by atoms with van der Waals surface area (Å²) < 4.78 is 4.67. The van der Waals surface area contributed by atoms with E-state index in [1.165, 1.54) is 6.26 Å². The lowest BCUT2D eigenvalue weighted by molar-refractivity contribution is 0.0951. The summed E-state index contributed by atoms with van der Waals surface area (Å²) in [4.78, 5) is 11.9. The molecule has 1 aromatic carbocycles. The molecule has 1 amide bonds. The van der Waals surface area contributed by atoms with Crippen LogP contribution in [0.2, 0.25) is 0 Å². The second kappa shape index (κ2) is 4.69. The number of carbonyl (C=O) groups is 1. The van der Waals surface area contributed by atoms with E-state index < -0.39 is 0 Å². The zero-order chi connectivity index (χ0) is 12.3. The summed E-state index contributed by atoms with van der Waals surface area (Å²) in [5.74, 6) is -0.214. The Balaban J connectivity index is 2.07. The molecule has 0 saturated heterocycles. The van der Waals surface area contributed by atoms with E-state index >= 15 is 0 Å². The number of carbonyl (C=O) groups excluding carboxylic acids is 1. The standard InChI is InChI=1S/C12H13N3O2/c1-8-3-2-4-10(11(8)13)12(16)14-7-9-5-6-17-15-9/h2-6H,7,13H2,1H3,(H,14,16). The highest BCUT2D eigenvalue weighted by Crippen LogP contribution is 2.16. The first-order valence-electron chi connectivity index (χ1n) is 5.21. The zero-order valence-corrected chi connectivity index (χ0v) is 9.43. The van der Waals surface area contributed by atoms with Gasteiger partial charge in [0.05, 0.1) is 12.1 Å². The van der Waals surface area contributed by atoms with Crippen molar-refractivity contribution in [1.82, 2.24) is 10.5 Å². The minimum Gasteiger partial charge on any atom is -0.398 e. The largest absolute Gasteiger partial charge is 0.398 e. The molecule has 2 rings (SSSR count). The van der Waals surface area contributed by atoms with E-state index in [1.54, 1.807) is 18.2 Å². The van der Waals surface area contributed by atoms with Gasteiger partial charge in [-0.3, -0.25) is 4.79 Å². The Morgan fingerprint density at radius 2 is 2.29 bits per heavy atom. The molecule has 2 aromatic rings. The van der Waals surface area contributed by atoms with E-state index in [0.717, 1.165) is 5.56 Å². The number of hydrogen-bond donors (Lipinski definition) is 2. The maximum Gasteiger partial charge on any atom is 0.253 e. The number of rotatable bonds is 3. The van der Waals surface area contributed by atoms with E-state index in [-0.39, 0.29) is 5.91 Å². The van der Waals surface area contributed by atoms with E-state index in [2.05, 4.69) is 15.0 Å². The lowest BCUT2D eigenvalue weighted by atomic mass is 10.1. The molecule has 0 aliphatic rings. The molecule has 0 aliphatic carbocycles. The Morgan fingerprint density at radius 3 is 3.00 bits per heavy atom.